The summed E-state index contributed by atoms with van der Waals surface area (Å²) in [6, 6.07) is 4.74. The van der Waals surface area contributed by atoms with E-state index in [1.54, 1.807) is 24.3 Å². The Morgan fingerprint density at radius 1 is 0.872 bits per heavy atom. The summed E-state index contributed by atoms with van der Waals surface area (Å²) in [5, 5.41) is 17.2. The highest BCUT2D eigenvalue weighted by atomic mass is 16.3. The zero-order chi connectivity index (χ0) is 29.4. The van der Waals surface area contributed by atoms with Gasteiger partial charge in [0.25, 0.3) is 0 Å². The molecule has 4 amide bonds. The number of rotatable bonds is 19. The summed E-state index contributed by atoms with van der Waals surface area (Å²) in [4.78, 5) is 62.4. The number of urea groups is 1. The van der Waals surface area contributed by atoms with Gasteiger partial charge in [-0.2, -0.15) is 0 Å². The lowest BCUT2D eigenvalue weighted by Gasteiger charge is -2.26. The van der Waals surface area contributed by atoms with Crippen LogP contribution >= 0.6 is 0 Å². The van der Waals surface area contributed by atoms with Gasteiger partial charge < -0.3 is 32.5 Å². The lowest BCUT2D eigenvalue weighted by molar-refractivity contribution is -0.134. The van der Waals surface area contributed by atoms with Gasteiger partial charge in [-0.3, -0.25) is 19.2 Å². The van der Waals surface area contributed by atoms with E-state index in [2.05, 4.69) is 16.0 Å². The zero-order valence-electron chi connectivity index (χ0n) is 23.3. The molecular formula is C28H45N5O6. The van der Waals surface area contributed by atoms with Crippen molar-refractivity contribution < 1.29 is 29.1 Å². The van der Waals surface area contributed by atoms with Gasteiger partial charge in [-0.25, -0.2) is 4.79 Å². The lowest BCUT2D eigenvalue weighted by Crippen LogP contribution is -2.47. The molecule has 11 nitrogen and oxygen atoms in total. The van der Waals surface area contributed by atoms with Crippen LogP contribution in [0.2, 0.25) is 0 Å². The first-order valence-corrected chi connectivity index (χ1v) is 13.5. The number of carbonyl (C=O) groups is 5. The fourth-order valence-corrected chi connectivity index (χ4v) is 4.24. The molecular weight excluding hydrogens is 502 g/mol. The molecule has 11 heteroatoms. The van der Waals surface area contributed by atoms with Crippen molar-refractivity contribution >= 4 is 29.4 Å². The number of hydrogen-bond donors (Lipinski definition) is 6. The monoisotopic (exact) mass is 547 g/mol. The van der Waals surface area contributed by atoms with Crippen molar-refractivity contribution in [3.63, 3.8) is 0 Å². The fourth-order valence-electron chi connectivity index (χ4n) is 4.24. The Bertz CT molecular complexity index is 950. The Labute approximate surface area is 230 Å². The van der Waals surface area contributed by atoms with Crippen LogP contribution in [0.3, 0.4) is 0 Å². The Morgan fingerprint density at radius 3 is 2.00 bits per heavy atom. The molecule has 0 spiro atoms. The van der Waals surface area contributed by atoms with Gasteiger partial charge in [0.15, 0.2) is 11.6 Å². The second-order valence-corrected chi connectivity index (χ2v) is 10.2. The van der Waals surface area contributed by atoms with Gasteiger partial charge in [-0.1, -0.05) is 38.1 Å². The molecule has 0 saturated heterocycles. The molecule has 218 valence electrons. The van der Waals surface area contributed by atoms with E-state index in [-0.39, 0.29) is 55.8 Å². The molecule has 3 atom stereocenters. The number of hydrogen-bond acceptors (Lipinski definition) is 7. The Kier molecular flexibility index (Phi) is 15.6. The number of primary amides is 1. The summed E-state index contributed by atoms with van der Waals surface area (Å²) in [5.41, 5.74) is 12.1. The molecule has 8 N–H and O–H groups in total. The molecule has 39 heavy (non-hydrogen) atoms. The van der Waals surface area contributed by atoms with Crippen LogP contribution in [0.1, 0.15) is 70.4 Å². The van der Waals surface area contributed by atoms with E-state index in [9.17, 15) is 29.1 Å². The minimum atomic E-state index is -0.836. The highest BCUT2D eigenvalue weighted by Gasteiger charge is 2.31. The number of Topliss-reactive ketones (excluding diaryl/α,β-unsaturated/α-hetero) is 2. The standard InChI is InChI=1S/C28H45N5O6/c1-18(2)22(16-26(37)23(32-19(3)35)7-4-5-13-29)27(38)33-24(8-6-14-31-28(30)39)25(36)15-20-9-11-21(17-34)12-10-20/h9-12,18,22-24,34H,4-8,13-17,29H2,1-3H3,(H,32,35)(H,33,38)(H3,30,31,39)/t22-,23-,24-/m0/s1. The molecule has 0 heterocycles. The van der Waals surface area contributed by atoms with Crippen molar-refractivity contribution in [1.29, 1.82) is 0 Å². The number of nitrogens with one attached hydrogen (secondary N) is 3. The van der Waals surface area contributed by atoms with E-state index in [0.29, 0.717) is 32.2 Å². The minimum Gasteiger partial charge on any atom is -0.392 e. The zero-order valence-corrected chi connectivity index (χ0v) is 23.3. The van der Waals surface area contributed by atoms with Crippen LogP contribution in [-0.2, 0) is 32.2 Å². The van der Waals surface area contributed by atoms with Crippen LogP contribution in [-0.4, -0.2) is 59.7 Å². The molecule has 1 rings (SSSR count). The normalized spacial score (nSPS) is 13.3. The van der Waals surface area contributed by atoms with Crippen LogP contribution in [0.5, 0.6) is 0 Å². The van der Waals surface area contributed by atoms with E-state index in [1.165, 1.54) is 6.92 Å². The molecule has 1 aromatic carbocycles. The third-order valence-electron chi connectivity index (χ3n) is 6.53. The number of amides is 4. The second kappa shape index (κ2) is 18.1. The molecule has 0 aliphatic carbocycles. The van der Waals surface area contributed by atoms with Crippen LogP contribution in [0.15, 0.2) is 24.3 Å². The Morgan fingerprint density at radius 2 is 1.46 bits per heavy atom. The van der Waals surface area contributed by atoms with Gasteiger partial charge in [0.05, 0.1) is 18.7 Å². The first kappa shape index (κ1) is 33.7. The van der Waals surface area contributed by atoms with Crippen LogP contribution in [0.4, 0.5) is 4.79 Å². The number of unbranched alkanes of at least 4 members (excludes halogenated alkanes) is 1. The van der Waals surface area contributed by atoms with Gasteiger partial charge in [0, 0.05) is 32.2 Å². The second-order valence-electron chi connectivity index (χ2n) is 10.2. The largest absolute Gasteiger partial charge is 0.392 e. The third kappa shape index (κ3) is 13.4. The maximum Gasteiger partial charge on any atom is 0.312 e. The fraction of sp³-hybridized carbons (Fsp3) is 0.607. The third-order valence-corrected chi connectivity index (χ3v) is 6.53. The first-order valence-electron chi connectivity index (χ1n) is 13.5. The summed E-state index contributed by atoms with van der Waals surface area (Å²) >= 11 is 0. The van der Waals surface area contributed by atoms with E-state index in [0.717, 1.165) is 11.1 Å². The summed E-state index contributed by atoms with van der Waals surface area (Å²) in [6.45, 7) is 5.62. The molecule has 0 unspecified atom stereocenters. The molecule has 0 aliphatic rings. The molecule has 0 aromatic heterocycles. The summed E-state index contributed by atoms with van der Waals surface area (Å²) in [6.07, 6.45) is 2.48. The van der Waals surface area contributed by atoms with Gasteiger partial charge in [-0.05, 0) is 55.7 Å². The maximum atomic E-state index is 13.4. The Hall–Kier alpha value is -3.31. The smallest absolute Gasteiger partial charge is 0.312 e. The number of aliphatic hydroxyl groups excluding tert-OH is 1. The number of nitrogens with two attached hydrogens (primary N) is 2. The van der Waals surface area contributed by atoms with Crippen LogP contribution in [0.25, 0.3) is 0 Å². The van der Waals surface area contributed by atoms with Crippen molar-refractivity contribution in [1.82, 2.24) is 16.0 Å². The average Bonchev–Trinajstić information content (AvgIpc) is 2.88. The van der Waals surface area contributed by atoms with E-state index in [4.69, 9.17) is 11.5 Å². The Balaban J connectivity index is 3.00. The number of carbonyl (C=O) groups excluding carboxylic acids is 5. The molecule has 0 fully saturated rings. The molecule has 0 radical (unpaired) electrons. The highest BCUT2D eigenvalue weighted by Crippen LogP contribution is 2.19. The van der Waals surface area contributed by atoms with Crippen molar-refractivity contribution in [2.45, 2.75) is 84.4 Å². The molecule has 0 aliphatic heterocycles. The van der Waals surface area contributed by atoms with Gasteiger partial charge in [0.1, 0.15) is 0 Å². The number of benzene rings is 1. The maximum absolute atomic E-state index is 13.4. The van der Waals surface area contributed by atoms with Crippen LogP contribution in [0, 0.1) is 11.8 Å². The van der Waals surface area contributed by atoms with Gasteiger partial charge >= 0.3 is 6.03 Å². The predicted octanol–water partition coefficient (Wildman–Crippen LogP) is 1.09. The average molecular weight is 548 g/mol. The SMILES string of the molecule is CC(=O)N[C@@H](CCCCN)C(=O)C[C@H](C(=O)N[C@@H](CCCNC(N)=O)C(=O)Cc1ccc(CO)cc1)C(C)C. The summed E-state index contributed by atoms with van der Waals surface area (Å²) in [5.74, 6) is -2.10. The van der Waals surface area contributed by atoms with Gasteiger partial charge in [0.2, 0.25) is 11.8 Å². The topological polar surface area (TPSA) is 194 Å². The predicted molar refractivity (Wildman–Crippen MR) is 148 cm³/mol. The molecule has 0 saturated carbocycles. The van der Waals surface area contributed by atoms with Crippen molar-refractivity contribution in [3.8, 4) is 0 Å². The van der Waals surface area contributed by atoms with Crippen LogP contribution < -0.4 is 27.4 Å². The quantitative estimate of drug-likeness (QED) is 0.139. The minimum absolute atomic E-state index is 0.0664. The van der Waals surface area contributed by atoms with Gasteiger partial charge in [-0.15, -0.1) is 0 Å². The summed E-state index contributed by atoms with van der Waals surface area (Å²) in [7, 11) is 0. The molecule has 1 aromatic rings. The van der Waals surface area contributed by atoms with Crippen molar-refractivity contribution in [2.75, 3.05) is 13.1 Å². The summed E-state index contributed by atoms with van der Waals surface area (Å²) < 4.78 is 0. The number of aliphatic hydroxyl groups is 1. The number of ketones is 2. The molecule has 0 bridgehead atoms. The van der Waals surface area contributed by atoms with E-state index in [1.807, 2.05) is 13.8 Å². The lowest BCUT2D eigenvalue weighted by atomic mass is 9.86. The van der Waals surface area contributed by atoms with Crippen molar-refractivity contribution in [3.05, 3.63) is 35.4 Å². The van der Waals surface area contributed by atoms with Crippen molar-refractivity contribution in [2.24, 2.45) is 23.3 Å². The van der Waals surface area contributed by atoms with E-state index >= 15 is 0 Å². The highest BCUT2D eigenvalue weighted by molar-refractivity contribution is 5.94. The van der Waals surface area contributed by atoms with E-state index < -0.39 is 29.9 Å². The first-order chi connectivity index (χ1) is 18.5.